The summed E-state index contributed by atoms with van der Waals surface area (Å²) in [5, 5.41) is 7.88. The summed E-state index contributed by atoms with van der Waals surface area (Å²) in [6.07, 6.45) is 6.00. The number of halogens is 2. The van der Waals surface area contributed by atoms with Gasteiger partial charge in [0.05, 0.1) is 12.3 Å². The van der Waals surface area contributed by atoms with Crippen molar-refractivity contribution in [3.8, 4) is 0 Å². The second-order valence-corrected chi connectivity index (χ2v) is 8.06. The summed E-state index contributed by atoms with van der Waals surface area (Å²) in [7, 11) is 0. The van der Waals surface area contributed by atoms with Gasteiger partial charge >= 0.3 is 6.61 Å². The van der Waals surface area contributed by atoms with Crippen molar-refractivity contribution in [2.24, 2.45) is 0 Å². The van der Waals surface area contributed by atoms with E-state index in [1.807, 2.05) is 24.4 Å². The lowest BCUT2D eigenvalue weighted by molar-refractivity contribution is -0.169. The molecule has 4 aromatic rings. The molecule has 1 fully saturated rings. The maximum absolute atomic E-state index is 12.4. The van der Waals surface area contributed by atoms with E-state index in [-0.39, 0.29) is 12.1 Å². The van der Waals surface area contributed by atoms with Crippen molar-refractivity contribution >= 4 is 33.7 Å². The standard InChI is InChI=1S/C23H24F2N6O/c24-23(25)32-17-5-3-16(4-6-17)29-20-8-7-18-22(30-20)31-21(13-27-18)28-12-14-1-2-15-9-10-26-19(15)11-14/h1-2,7-11,13,16-17,23,26H,3-6,12H2,(H2,28,29,30,31)/t16-,17-. The first-order chi connectivity index (χ1) is 15.6. The van der Waals surface area contributed by atoms with Gasteiger partial charge in [0.15, 0.2) is 5.65 Å². The topological polar surface area (TPSA) is 87.8 Å². The van der Waals surface area contributed by atoms with E-state index in [2.05, 4.69) is 53.5 Å². The maximum atomic E-state index is 12.4. The van der Waals surface area contributed by atoms with Crippen LogP contribution in [0.15, 0.2) is 48.8 Å². The number of rotatable bonds is 7. The number of H-pyrrole nitrogens is 1. The molecule has 9 heteroatoms. The van der Waals surface area contributed by atoms with E-state index in [0.29, 0.717) is 42.2 Å². The third-order valence-corrected chi connectivity index (χ3v) is 5.82. The van der Waals surface area contributed by atoms with E-state index in [9.17, 15) is 8.78 Å². The van der Waals surface area contributed by atoms with Gasteiger partial charge in [0.1, 0.15) is 17.2 Å². The van der Waals surface area contributed by atoms with Crippen LogP contribution >= 0.6 is 0 Å². The van der Waals surface area contributed by atoms with Gasteiger partial charge in [-0.15, -0.1) is 0 Å². The second-order valence-electron chi connectivity index (χ2n) is 8.06. The molecule has 1 aromatic carbocycles. The highest BCUT2D eigenvalue weighted by Gasteiger charge is 2.24. The van der Waals surface area contributed by atoms with Crippen LogP contribution in [0.4, 0.5) is 20.4 Å². The molecule has 0 saturated heterocycles. The van der Waals surface area contributed by atoms with Crippen LogP contribution in [0.1, 0.15) is 31.2 Å². The third-order valence-electron chi connectivity index (χ3n) is 5.82. The Hall–Kier alpha value is -3.33. The van der Waals surface area contributed by atoms with Crippen LogP contribution in [0.5, 0.6) is 0 Å². The summed E-state index contributed by atoms with van der Waals surface area (Å²) in [5.74, 6) is 1.36. The van der Waals surface area contributed by atoms with E-state index in [1.54, 1.807) is 6.20 Å². The molecule has 1 saturated carbocycles. The highest BCUT2D eigenvalue weighted by Crippen LogP contribution is 2.25. The predicted molar refractivity (Wildman–Crippen MR) is 120 cm³/mol. The quantitative estimate of drug-likeness (QED) is 0.373. The molecule has 0 amide bonds. The van der Waals surface area contributed by atoms with E-state index in [1.165, 1.54) is 5.39 Å². The highest BCUT2D eigenvalue weighted by molar-refractivity contribution is 5.80. The van der Waals surface area contributed by atoms with Gasteiger partial charge in [0, 0.05) is 24.3 Å². The minimum absolute atomic E-state index is 0.176. The number of alkyl halides is 2. The van der Waals surface area contributed by atoms with Crippen LogP contribution < -0.4 is 10.6 Å². The fourth-order valence-electron chi connectivity index (χ4n) is 4.16. The molecule has 0 bridgehead atoms. The number of hydrogen-bond donors (Lipinski definition) is 3. The SMILES string of the molecule is FC(F)O[C@H]1CC[C@H](Nc2ccc3ncc(NCc4ccc5cc[nH]c5c4)nc3n2)CC1. The Morgan fingerprint density at radius 2 is 1.88 bits per heavy atom. The van der Waals surface area contributed by atoms with Crippen molar-refractivity contribution in [2.75, 3.05) is 10.6 Å². The molecule has 3 aromatic heterocycles. The number of ether oxygens (including phenoxy) is 1. The fourth-order valence-corrected chi connectivity index (χ4v) is 4.16. The lowest BCUT2D eigenvalue weighted by atomic mass is 9.93. The first-order valence-corrected chi connectivity index (χ1v) is 10.8. The van der Waals surface area contributed by atoms with E-state index >= 15 is 0 Å². The molecule has 1 aliphatic carbocycles. The predicted octanol–water partition coefficient (Wildman–Crippen LogP) is 5.08. The summed E-state index contributed by atoms with van der Waals surface area (Å²) < 4.78 is 29.4. The van der Waals surface area contributed by atoms with Crippen molar-refractivity contribution in [1.82, 2.24) is 19.9 Å². The number of benzene rings is 1. The van der Waals surface area contributed by atoms with Crippen LogP contribution in [0.2, 0.25) is 0 Å². The Morgan fingerprint density at radius 3 is 2.72 bits per heavy atom. The molecule has 0 aliphatic heterocycles. The van der Waals surface area contributed by atoms with E-state index < -0.39 is 6.61 Å². The first-order valence-electron chi connectivity index (χ1n) is 10.8. The Balaban J connectivity index is 1.22. The summed E-state index contributed by atoms with van der Waals surface area (Å²) in [5.41, 5.74) is 3.50. The van der Waals surface area contributed by atoms with Gasteiger partial charge in [-0.25, -0.2) is 15.0 Å². The van der Waals surface area contributed by atoms with Gasteiger partial charge in [0.2, 0.25) is 0 Å². The van der Waals surface area contributed by atoms with Crippen molar-refractivity contribution in [2.45, 2.75) is 51.0 Å². The fraction of sp³-hybridized carbons (Fsp3) is 0.348. The lowest BCUT2D eigenvalue weighted by Crippen LogP contribution is -2.31. The number of pyridine rings is 1. The average molecular weight is 438 g/mol. The van der Waals surface area contributed by atoms with Crippen LogP contribution in [0.25, 0.3) is 22.1 Å². The van der Waals surface area contributed by atoms with Crippen LogP contribution in [-0.2, 0) is 11.3 Å². The minimum atomic E-state index is -2.70. The summed E-state index contributed by atoms with van der Waals surface area (Å²) in [6, 6.07) is 12.2. The zero-order valence-electron chi connectivity index (χ0n) is 17.4. The highest BCUT2D eigenvalue weighted by atomic mass is 19.3. The van der Waals surface area contributed by atoms with Gasteiger partial charge in [-0.2, -0.15) is 8.78 Å². The Morgan fingerprint density at radius 1 is 1.03 bits per heavy atom. The molecule has 166 valence electrons. The lowest BCUT2D eigenvalue weighted by Gasteiger charge is -2.29. The average Bonchev–Trinajstić information content (AvgIpc) is 3.26. The minimum Gasteiger partial charge on any atom is -0.367 e. The van der Waals surface area contributed by atoms with Gasteiger partial charge in [-0.3, -0.25) is 0 Å². The van der Waals surface area contributed by atoms with Crippen LogP contribution in [-0.4, -0.2) is 38.7 Å². The van der Waals surface area contributed by atoms with Crippen LogP contribution in [0, 0.1) is 0 Å². The number of nitrogens with one attached hydrogen (secondary N) is 3. The number of nitrogens with zero attached hydrogens (tertiary/aromatic N) is 3. The molecule has 32 heavy (non-hydrogen) atoms. The monoisotopic (exact) mass is 438 g/mol. The first kappa shape index (κ1) is 20.6. The van der Waals surface area contributed by atoms with E-state index in [4.69, 9.17) is 0 Å². The zero-order chi connectivity index (χ0) is 21.9. The maximum Gasteiger partial charge on any atom is 0.345 e. The van der Waals surface area contributed by atoms with Gasteiger partial charge < -0.3 is 20.4 Å². The second kappa shape index (κ2) is 9.04. The Bertz CT molecular complexity index is 1210. The molecule has 5 rings (SSSR count). The Labute approximate surface area is 183 Å². The molecule has 3 N–H and O–H groups in total. The summed E-state index contributed by atoms with van der Waals surface area (Å²) in [4.78, 5) is 16.9. The molecular formula is C23H24F2N6O. The number of fused-ring (bicyclic) bond motifs is 2. The number of anilines is 2. The molecule has 1 aliphatic rings. The summed E-state index contributed by atoms with van der Waals surface area (Å²) in [6.45, 7) is -2.08. The number of aromatic amines is 1. The van der Waals surface area contributed by atoms with Crippen molar-refractivity contribution in [3.63, 3.8) is 0 Å². The Kier molecular flexibility index (Phi) is 5.81. The third kappa shape index (κ3) is 4.77. The molecule has 3 heterocycles. The smallest absolute Gasteiger partial charge is 0.345 e. The van der Waals surface area contributed by atoms with E-state index in [0.717, 1.165) is 23.9 Å². The number of hydrogen-bond acceptors (Lipinski definition) is 6. The van der Waals surface area contributed by atoms with Crippen molar-refractivity contribution in [1.29, 1.82) is 0 Å². The normalized spacial score (nSPS) is 19.0. The molecular weight excluding hydrogens is 414 g/mol. The van der Waals surface area contributed by atoms with Gasteiger partial charge in [-0.1, -0.05) is 12.1 Å². The molecule has 0 unspecified atom stereocenters. The van der Waals surface area contributed by atoms with Crippen LogP contribution in [0.3, 0.4) is 0 Å². The largest absolute Gasteiger partial charge is 0.367 e. The van der Waals surface area contributed by atoms with Gasteiger partial charge in [-0.05, 0) is 60.9 Å². The van der Waals surface area contributed by atoms with Crippen molar-refractivity contribution in [3.05, 3.63) is 54.4 Å². The van der Waals surface area contributed by atoms with Gasteiger partial charge in [0.25, 0.3) is 0 Å². The summed E-state index contributed by atoms with van der Waals surface area (Å²) >= 11 is 0. The molecule has 0 spiro atoms. The molecule has 0 atom stereocenters. The zero-order valence-corrected chi connectivity index (χ0v) is 17.4. The van der Waals surface area contributed by atoms with Crippen molar-refractivity contribution < 1.29 is 13.5 Å². The number of aromatic nitrogens is 4. The molecule has 0 radical (unpaired) electrons. The molecule has 7 nitrogen and oxygen atoms in total.